The molecule has 3 rings (SSSR count). The fraction of sp³-hybridized carbons (Fsp3) is 0.357. The van der Waals surface area contributed by atoms with E-state index in [1.807, 2.05) is 24.3 Å². The number of pyridine rings is 1. The van der Waals surface area contributed by atoms with Gasteiger partial charge in [-0.25, -0.2) is 4.39 Å². The standard InChI is InChI=1S/C14H15FN2O/c15-14(6-7-16-9-14)10-17-8-5-11-3-1-2-4-12(11)13(17)18/h1-5,8,16H,6-7,9-10H2. The number of hydrogen-bond donors (Lipinski definition) is 1. The van der Waals surface area contributed by atoms with Gasteiger partial charge in [0.2, 0.25) is 0 Å². The summed E-state index contributed by atoms with van der Waals surface area (Å²) in [6.45, 7) is 1.13. The molecular weight excluding hydrogens is 231 g/mol. The second-order valence-electron chi connectivity index (χ2n) is 4.91. The second-order valence-corrected chi connectivity index (χ2v) is 4.91. The van der Waals surface area contributed by atoms with Crippen LogP contribution in [0.25, 0.3) is 10.8 Å². The lowest BCUT2D eigenvalue weighted by atomic mass is 10.1. The Morgan fingerprint density at radius 3 is 2.94 bits per heavy atom. The summed E-state index contributed by atoms with van der Waals surface area (Å²) in [5, 5.41) is 4.55. The van der Waals surface area contributed by atoms with Gasteiger partial charge < -0.3 is 9.88 Å². The molecule has 18 heavy (non-hydrogen) atoms. The molecule has 0 spiro atoms. The predicted octanol–water partition coefficient (Wildman–Crippen LogP) is 1.70. The van der Waals surface area contributed by atoms with E-state index in [1.165, 1.54) is 4.57 Å². The highest BCUT2D eigenvalue weighted by Crippen LogP contribution is 2.21. The first-order chi connectivity index (χ1) is 8.68. The predicted molar refractivity (Wildman–Crippen MR) is 69.5 cm³/mol. The highest BCUT2D eigenvalue weighted by molar-refractivity contribution is 5.81. The molecule has 1 unspecified atom stereocenters. The Balaban J connectivity index is 2.02. The second kappa shape index (κ2) is 4.21. The minimum Gasteiger partial charge on any atom is -0.313 e. The maximum atomic E-state index is 14.4. The maximum absolute atomic E-state index is 14.4. The molecule has 2 aromatic rings. The average molecular weight is 246 g/mol. The Hall–Kier alpha value is -1.68. The van der Waals surface area contributed by atoms with Crippen LogP contribution in [0.5, 0.6) is 0 Å². The van der Waals surface area contributed by atoms with Crippen molar-refractivity contribution in [2.75, 3.05) is 13.1 Å². The topological polar surface area (TPSA) is 34.0 Å². The van der Waals surface area contributed by atoms with Gasteiger partial charge in [0, 0.05) is 18.1 Å². The van der Waals surface area contributed by atoms with Crippen molar-refractivity contribution in [3.8, 4) is 0 Å². The van der Waals surface area contributed by atoms with Gasteiger partial charge in [0.15, 0.2) is 0 Å². The first kappa shape index (κ1) is 11.4. The van der Waals surface area contributed by atoms with Gasteiger partial charge in [0.05, 0.1) is 6.54 Å². The summed E-state index contributed by atoms with van der Waals surface area (Å²) in [6.07, 6.45) is 2.15. The van der Waals surface area contributed by atoms with E-state index < -0.39 is 5.67 Å². The van der Waals surface area contributed by atoms with Crippen LogP contribution < -0.4 is 10.9 Å². The Labute approximate surface area is 104 Å². The van der Waals surface area contributed by atoms with Crippen molar-refractivity contribution in [2.45, 2.75) is 18.6 Å². The third-order valence-electron chi connectivity index (χ3n) is 3.53. The molecule has 1 atom stereocenters. The number of rotatable bonds is 2. The van der Waals surface area contributed by atoms with Gasteiger partial charge in [-0.05, 0) is 30.5 Å². The summed E-state index contributed by atoms with van der Waals surface area (Å²) < 4.78 is 15.8. The van der Waals surface area contributed by atoms with Crippen LogP contribution in [0.4, 0.5) is 4.39 Å². The largest absolute Gasteiger partial charge is 0.313 e. The van der Waals surface area contributed by atoms with E-state index in [1.54, 1.807) is 12.3 Å². The molecule has 0 aliphatic carbocycles. The number of halogens is 1. The monoisotopic (exact) mass is 246 g/mol. The third-order valence-corrected chi connectivity index (χ3v) is 3.53. The minimum atomic E-state index is -1.30. The number of aromatic nitrogens is 1. The van der Waals surface area contributed by atoms with Crippen molar-refractivity contribution in [3.63, 3.8) is 0 Å². The summed E-state index contributed by atoms with van der Waals surface area (Å²) in [7, 11) is 0. The zero-order valence-corrected chi connectivity index (χ0v) is 10.0. The average Bonchev–Trinajstić information content (AvgIpc) is 2.80. The Kier molecular flexibility index (Phi) is 2.67. The van der Waals surface area contributed by atoms with E-state index in [0.717, 1.165) is 5.39 Å². The van der Waals surface area contributed by atoms with Crippen LogP contribution in [-0.4, -0.2) is 23.3 Å². The summed E-state index contributed by atoms with van der Waals surface area (Å²) in [4.78, 5) is 12.2. The van der Waals surface area contributed by atoms with Crippen LogP contribution in [0.1, 0.15) is 6.42 Å². The Bertz CT molecular complexity index is 629. The van der Waals surface area contributed by atoms with E-state index in [-0.39, 0.29) is 12.1 Å². The van der Waals surface area contributed by atoms with E-state index >= 15 is 0 Å². The summed E-state index contributed by atoms with van der Waals surface area (Å²) >= 11 is 0. The lowest BCUT2D eigenvalue weighted by Crippen LogP contribution is -2.35. The molecule has 0 radical (unpaired) electrons. The van der Waals surface area contributed by atoms with Gasteiger partial charge in [0.1, 0.15) is 5.67 Å². The molecule has 1 aromatic carbocycles. The molecule has 94 valence electrons. The molecule has 1 aliphatic rings. The minimum absolute atomic E-state index is 0.114. The quantitative estimate of drug-likeness (QED) is 0.875. The smallest absolute Gasteiger partial charge is 0.258 e. The third kappa shape index (κ3) is 1.93. The van der Waals surface area contributed by atoms with E-state index in [2.05, 4.69) is 5.32 Å². The van der Waals surface area contributed by atoms with Crippen molar-refractivity contribution in [1.29, 1.82) is 0 Å². The number of fused-ring (bicyclic) bond motifs is 1. The molecule has 1 aliphatic heterocycles. The zero-order chi connectivity index (χ0) is 12.6. The molecule has 0 bridgehead atoms. The van der Waals surface area contributed by atoms with E-state index in [0.29, 0.717) is 24.9 Å². The van der Waals surface area contributed by atoms with Crippen LogP contribution in [0.2, 0.25) is 0 Å². The lowest BCUT2D eigenvalue weighted by Gasteiger charge is -2.19. The molecule has 2 heterocycles. The summed E-state index contributed by atoms with van der Waals surface area (Å²) in [6, 6.07) is 9.26. The van der Waals surface area contributed by atoms with E-state index in [9.17, 15) is 9.18 Å². The van der Waals surface area contributed by atoms with Crippen LogP contribution in [0, 0.1) is 0 Å². The summed E-state index contributed by atoms with van der Waals surface area (Å²) in [5.74, 6) is 0. The normalized spacial score (nSPS) is 23.6. The van der Waals surface area contributed by atoms with Gasteiger partial charge in [0.25, 0.3) is 5.56 Å². The number of benzene rings is 1. The van der Waals surface area contributed by atoms with Gasteiger partial charge in [-0.3, -0.25) is 4.79 Å². The Morgan fingerprint density at radius 1 is 1.33 bits per heavy atom. The van der Waals surface area contributed by atoms with Gasteiger partial charge in [-0.15, -0.1) is 0 Å². The first-order valence-electron chi connectivity index (χ1n) is 6.16. The van der Waals surface area contributed by atoms with Gasteiger partial charge in [-0.2, -0.15) is 0 Å². The zero-order valence-electron chi connectivity index (χ0n) is 10.0. The van der Waals surface area contributed by atoms with Crippen LogP contribution in [0.3, 0.4) is 0 Å². The number of alkyl halides is 1. The number of hydrogen-bond acceptors (Lipinski definition) is 2. The molecule has 4 heteroatoms. The Morgan fingerprint density at radius 2 is 2.17 bits per heavy atom. The first-order valence-corrected chi connectivity index (χ1v) is 6.16. The molecule has 1 fully saturated rings. The number of nitrogens with zero attached hydrogens (tertiary/aromatic N) is 1. The fourth-order valence-electron chi connectivity index (χ4n) is 2.51. The molecule has 1 N–H and O–H groups in total. The SMILES string of the molecule is O=c1c2ccccc2ccn1CC1(F)CCNC1. The molecule has 3 nitrogen and oxygen atoms in total. The number of nitrogens with one attached hydrogen (secondary N) is 1. The van der Waals surface area contributed by atoms with Crippen molar-refractivity contribution in [2.24, 2.45) is 0 Å². The highest BCUT2D eigenvalue weighted by Gasteiger charge is 2.34. The van der Waals surface area contributed by atoms with Gasteiger partial charge in [-0.1, -0.05) is 18.2 Å². The molecule has 0 amide bonds. The molecule has 1 aromatic heterocycles. The fourth-order valence-corrected chi connectivity index (χ4v) is 2.51. The summed E-state index contributed by atoms with van der Waals surface area (Å²) in [5.41, 5.74) is -1.41. The maximum Gasteiger partial charge on any atom is 0.258 e. The molecule has 1 saturated heterocycles. The van der Waals surface area contributed by atoms with Crippen molar-refractivity contribution in [1.82, 2.24) is 9.88 Å². The van der Waals surface area contributed by atoms with Crippen molar-refractivity contribution in [3.05, 3.63) is 46.9 Å². The van der Waals surface area contributed by atoms with Gasteiger partial charge >= 0.3 is 0 Å². The molecule has 0 saturated carbocycles. The van der Waals surface area contributed by atoms with E-state index in [4.69, 9.17) is 0 Å². The van der Waals surface area contributed by atoms with Crippen molar-refractivity contribution < 1.29 is 4.39 Å². The highest BCUT2D eigenvalue weighted by atomic mass is 19.1. The van der Waals surface area contributed by atoms with Crippen LogP contribution >= 0.6 is 0 Å². The lowest BCUT2D eigenvalue weighted by molar-refractivity contribution is 0.160. The molecular formula is C14H15FN2O. The van der Waals surface area contributed by atoms with Crippen LogP contribution in [0.15, 0.2) is 41.3 Å². The van der Waals surface area contributed by atoms with Crippen molar-refractivity contribution >= 4 is 10.8 Å². The van der Waals surface area contributed by atoms with Crippen LogP contribution in [-0.2, 0) is 6.54 Å².